The van der Waals surface area contributed by atoms with Crippen LogP contribution in [0.3, 0.4) is 0 Å². The first-order valence-electron chi connectivity index (χ1n) is 3.82. The Balaban J connectivity index is 2.52. The number of halogens is 1. The Morgan fingerprint density at radius 3 is 3.00 bits per heavy atom. The molecule has 0 saturated carbocycles. The number of hydrogen-bond acceptors (Lipinski definition) is 3. The summed E-state index contributed by atoms with van der Waals surface area (Å²) < 4.78 is 6.20. The van der Waals surface area contributed by atoms with Crippen molar-refractivity contribution in [2.75, 3.05) is 11.5 Å². The van der Waals surface area contributed by atoms with Gasteiger partial charge in [0.1, 0.15) is 5.76 Å². The molecule has 1 aromatic rings. The molecule has 0 spiro atoms. The van der Waals surface area contributed by atoms with Gasteiger partial charge in [-0.2, -0.15) is 11.8 Å². The SMILES string of the molecule is CCSCC(N)c1occc1Br. The zero-order valence-corrected chi connectivity index (χ0v) is 9.32. The minimum absolute atomic E-state index is 0.000625. The third-order valence-electron chi connectivity index (χ3n) is 1.48. The Morgan fingerprint density at radius 1 is 1.75 bits per heavy atom. The summed E-state index contributed by atoms with van der Waals surface area (Å²) in [5.74, 6) is 2.84. The van der Waals surface area contributed by atoms with E-state index in [1.165, 1.54) is 0 Å². The molecule has 12 heavy (non-hydrogen) atoms. The number of furan rings is 1. The molecule has 1 aromatic heterocycles. The quantitative estimate of drug-likeness (QED) is 0.893. The summed E-state index contributed by atoms with van der Waals surface area (Å²) in [5, 5.41) is 0. The molecule has 0 amide bonds. The number of nitrogens with two attached hydrogens (primary N) is 1. The molecule has 68 valence electrons. The molecule has 1 unspecified atom stereocenters. The van der Waals surface area contributed by atoms with Gasteiger partial charge in [-0.15, -0.1) is 0 Å². The Morgan fingerprint density at radius 2 is 2.50 bits per heavy atom. The van der Waals surface area contributed by atoms with Gasteiger partial charge in [0, 0.05) is 5.75 Å². The van der Waals surface area contributed by atoms with E-state index in [1.807, 2.05) is 17.8 Å². The van der Waals surface area contributed by atoms with Crippen LogP contribution in [0.5, 0.6) is 0 Å². The molecule has 0 radical (unpaired) electrons. The highest BCUT2D eigenvalue weighted by Gasteiger charge is 2.12. The zero-order valence-electron chi connectivity index (χ0n) is 6.92. The summed E-state index contributed by atoms with van der Waals surface area (Å²) in [6, 6.07) is 1.87. The lowest BCUT2D eigenvalue weighted by Gasteiger charge is -2.07. The molecule has 0 aliphatic rings. The molecule has 0 aliphatic carbocycles. The number of thioether (sulfide) groups is 1. The fourth-order valence-corrected chi connectivity index (χ4v) is 2.03. The van der Waals surface area contributed by atoms with E-state index in [1.54, 1.807) is 6.26 Å². The van der Waals surface area contributed by atoms with Crippen molar-refractivity contribution in [1.29, 1.82) is 0 Å². The maximum absolute atomic E-state index is 5.88. The zero-order chi connectivity index (χ0) is 8.97. The normalized spacial score (nSPS) is 13.2. The molecule has 0 aromatic carbocycles. The van der Waals surface area contributed by atoms with Gasteiger partial charge < -0.3 is 10.2 Å². The van der Waals surface area contributed by atoms with Crippen molar-refractivity contribution in [2.45, 2.75) is 13.0 Å². The van der Waals surface area contributed by atoms with Gasteiger partial charge in [-0.25, -0.2) is 0 Å². The second kappa shape index (κ2) is 4.94. The standard InChI is InChI=1S/C8H12BrNOS/c1-2-12-5-7(10)8-6(9)3-4-11-8/h3-4,7H,2,5,10H2,1H3. The predicted octanol–water partition coefficient (Wildman–Crippen LogP) is 2.79. The van der Waals surface area contributed by atoms with Crippen LogP contribution in [-0.2, 0) is 0 Å². The molecule has 0 fully saturated rings. The highest BCUT2D eigenvalue weighted by atomic mass is 79.9. The Bertz CT molecular complexity index is 239. The van der Waals surface area contributed by atoms with Crippen molar-refractivity contribution in [2.24, 2.45) is 5.73 Å². The molecule has 0 bridgehead atoms. The lowest BCUT2D eigenvalue weighted by molar-refractivity contribution is 0.480. The highest BCUT2D eigenvalue weighted by molar-refractivity contribution is 9.10. The minimum atomic E-state index is -0.000625. The van der Waals surface area contributed by atoms with Gasteiger partial charge in [-0.1, -0.05) is 6.92 Å². The second-order valence-corrected chi connectivity index (χ2v) is 4.57. The van der Waals surface area contributed by atoms with Gasteiger partial charge in [0.2, 0.25) is 0 Å². The summed E-state index contributed by atoms with van der Waals surface area (Å²) in [6.45, 7) is 2.12. The van der Waals surface area contributed by atoms with Gasteiger partial charge >= 0.3 is 0 Å². The van der Waals surface area contributed by atoms with Crippen molar-refractivity contribution >= 4 is 27.7 Å². The van der Waals surface area contributed by atoms with Crippen LogP contribution < -0.4 is 5.73 Å². The van der Waals surface area contributed by atoms with E-state index < -0.39 is 0 Å². The van der Waals surface area contributed by atoms with E-state index in [4.69, 9.17) is 10.2 Å². The summed E-state index contributed by atoms with van der Waals surface area (Å²) in [6.07, 6.45) is 1.65. The van der Waals surface area contributed by atoms with Gasteiger partial charge in [0.25, 0.3) is 0 Å². The summed E-state index contributed by atoms with van der Waals surface area (Å²) >= 11 is 5.19. The maximum atomic E-state index is 5.88. The van der Waals surface area contributed by atoms with Crippen molar-refractivity contribution in [3.8, 4) is 0 Å². The summed E-state index contributed by atoms with van der Waals surface area (Å²) in [7, 11) is 0. The van der Waals surface area contributed by atoms with E-state index >= 15 is 0 Å². The molecule has 4 heteroatoms. The third kappa shape index (κ3) is 2.54. The van der Waals surface area contributed by atoms with Crippen LogP contribution in [0.15, 0.2) is 21.2 Å². The first-order chi connectivity index (χ1) is 5.75. The van der Waals surface area contributed by atoms with Gasteiger partial charge in [0.15, 0.2) is 0 Å². The summed E-state index contributed by atoms with van der Waals surface area (Å²) in [5.41, 5.74) is 5.88. The van der Waals surface area contributed by atoms with Crippen LogP contribution in [0.2, 0.25) is 0 Å². The fourth-order valence-electron chi connectivity index (χ4n) is 0.891. The van der Waals surface area contributed by atoms with E-state index in [9.17, 15) is 0 Å². The molecule has 1 heterocycles. The molecule has 1 atom stereocenters. The monoisotopic (exact) mass is 249 g/mol. The first-order valence-corrected chi connectivity index (χ1v) is 5.76. The topological polar surface area (TPSA) is 39.2 Å². The molecule has 0 aliphatic heterocycles. The van der Waals surface area contributed by atoms with E-state index in [2.05, 4.69) is 22.9 Å². The fraction of sp³-hybridized carbons (Fsp3) is 0.500. The second-order valence-electron chi connectivity index (χ2n) is 2.40. The van der Waals surface area contributed by atoms with Crippen molar-refractivity contribution < 1.29 is 4.42 Å². The molecule has 0 saturated heterocycles. The van der Waals surface area contributed by atoms with Crippen molar-refractivity contribution in [1.82, 2.24) is 0 Å². The lowest BCUT2D eigenvalue weighted by atomic mass is 10.3. The van der Waals surface area contributed by atoms with Crippen LogP contribution in [-0.4, -0.2) is 11.5 Å². The van der Waals surface area contributed by atoms with Crippen LogP contribution in [0, 0.1) is 0 Å². The molecular formula is C8H12BrNOS. The van der Waals surface area contributed by atoms with Crippen molar-refractivity contribution in [3.63, 3.8) is 0 Å². The van der Waals surface area contributed by atoms with Crippen LogP contribution in [0.1, 0.15) is 18.7 Å². The number of hydrogen-bond donors (Lipinski definition) is 1. The maximum Gasteiger partial charge on any atom is 0.135 e. The average Bonchev–Trinajstić information content (AvgIpc) is 2.47. The molecule has 2 nitrogen and oxygen atoms in total. The molecule has 1 rings (SSSR count). The third-order valence-corrected chi connectivity index (χ3v) is 3.14. The smallest absolute Gasteiger partial charge is 0.135 e. The molecular weight excluding hydrogens is 238 g/mol. The predicted molar refractivity (Wildman–Crippen MR) is 56.3 cm³/mol. The van der Waals surface area contributed by atoms with E-state index in [0.29, 0.717) is 0 Å². The van der Waals surface area contributed by atoms with Gasteiger partial charge in [0.05, 0.1) is 16.8 Å². The van der Waals surface area contributed by atoms with Crippen molar-refractivity contribution in [3.05, 3.63) is 22.6 Å². The lowest BCUT2D eigenvalue weighted by Crippen LogP contribution is -2.12. The summed E-state index contributed by atoms with van der Waals surface area (Å²) in [4.78, 5) is 0. The number of rotatable bonds is 4. The molecule has 2 N–H and O–H groups in total. The Kier molecular flexibility index (Phi) is 4.18. The Labute approximate surface area is 85.0 Å². The van der Waals surface area contributed by atoms with Crippen LogP contribution in [0.4, 0.5) is 0 Å². The van der Waals surface area contributed by atoms with Crippen LogP contribution in [0.25, 0.3) is 0 Å². The minimum Gasteiger partial charge on any atom is -0.466 e. The largest absolute Gasteiger partial charge is 0.466 e. The van der Waals surface area contributed by atoms with E-state index in [-0.39, 0.29) is 6.04 Å². The van der Waals surface area contributed by atoms with E-state index in [0.717, 1.165) is 21.7 Å². The van der Waals surface area contributed by atoms with Gasteiger partial charge in [-0.3, -0.25) is 0 Å². The average molecular weight is 250 g/mol. The first kappa shape index (κ1) is 10.2. The highest BCUT2D eigenvalue weighted by Crippen LogP contribution is 2.25. The Hall–Kier alpha value is 0.0700. The van der Waals surface area contributed by atoms with Gasteiger partial charge in [-0.05, 0) is 27.7 Å². The van der Waals surface area contributed by atoms with Crippen LogP contribution >= 0.6 is 27.7 Å².